The van der Waals surface area contributed by atoms with Crippen LogP contribution in [0.2, 0.25) is 0 Å². The number of carbonyl (C=O) groups excluding carboxylic acids is 3. The van der Waals surface area contributed by atoms with Crippen molar-refractivity contribution in [1.29, 1.82) is 0 Å². The maximum Gasteiger partial charge on any atom is 0.410 e. The molecule has 1 atom stereocenters. The predicted molar refractivity (Wildman–Crippen MR) is 165 cm³/mol. The lowest BCUT2D eigenvalue weighted by atomic mass is 10.1. The zero-order chi connectivity index (χ0) is 31.8. The summed E-state index contributed by atoms with van der Waals surface area (Å²) in [4.78, 5) is 57.4. The van der Waals surface area contributed by atoms with E-state index in [2.05, 4.69) is 10.3 Å². The minimum absolute atomic E-state index is 0.0692. The third-order valence-electron chi connectivity index (χ3n) is 6.82. The Labute approximate surface area is 254 Å². The van der Waals surface area contributed by atoms with E-state index in [1.165, 1.54) is 59.1 Å². The van der Waals surface area contributed by atoms with Crippen LogP contribution in [0.5, 0.6) is 0 Å². The summed E-state index contributed by atoms with van der Waals surface area (Å²) >= 11 is 0. The first-order valence-corrected chi connectivity index (χ1v) is 14.0. The summed E-state index contributed by atoms with van der Waals surface area (Å²) in [5.41, 5.74) is 2.02. The van der Waals surface area contributed by atoms with Gasteiger partial charge in [-0.1, -0.05) is 36.4 Å². The van der Waals surface area contributed by atoms with Crippen molar-refractivity contribution >= 4 is 34.6 Å². The molecule has 1 N–H and O–H groups in total. The van der Waals surface area contributed by atoms with Gasteiger partial charge in [0.05, 0.1) is 6.54 Å². The molecule has 0 aliphatic rings. The number of benzene rings is 2. The Morgan fingerprint density at radius 1 is 1.02 bits per heavy atom. The van der Waals surface area contributed by atoms with Gasteiger partial charge in [0.25, 0.3) is 11.5 Å². The van der Waals surface area contributed by atoms with Crippen molar-refractivity contribution in [2.24, 2.45) is 0 Å². The molecule has 0 aliphatic carbocycles. The van der Waals surface area contributed by atoms with Crippen LogP contribution >= 0.6 is 0 Å². The Morgan fingerprint density at radius 2 is 1.77 bits per heavy atom. The van der Waals surface area contributed by atoms with Crippen LogP contribution in [-0.2, 0) is 27.4 Å². The molecule has 0 aliphatic heterocycles. The summed E-state index contributed by atoms with van der Waals surface area (Å²) in [5.74, 6) is -1.56. The van der Waals surface area contributed by atoms with Gasteiger partial charge in [-0.3, -0.25) is 14.4 Å². The number of amides is 3. The van der Waals surface area contributed by atoms with Crippen molar-refractivity contribution in [2.75, 3.05) is 33.5 Å². The number of aromatic nitrogens is 3. The average Bonchev–Trinajstić information content (AvgIpc) is 3.31. The van der Waals surface area contributed by atoms with Crippen LogP contribution in [0, 0.1) is 5.82 Å². The molecule has 11 nitrogen and oxygen atoms in total. The van der Waals surface area contributed by atoms with Gasteiger partial charge in [0.1, 0.15) is 5.82 Å². The molecule has 12 heteroatoms. The quantitative estimate of drug-likeness (QED) is 0.261. The van der Waals surface area contributed by atoms with Crippen LogP contribution in [0.3, 0.4) is 0 Å². The van der Waals surface area contributed by atoms with Crippen molar-refractivity contribution in [3.05, 3.63) is 107 Å². The smallest absolute Gasteiger partial charge is 0.410 e. The molecular formula is C32H35FN6O5. The molecule has 0 bridgehead atoms. The highest BCUT2D eigenvalue weighted by Crippen LogP contribution is 2.23. The van der Waals surface area contributed by atoms with E-state index in [4.69, 9.17) is 4.74 Å². The van der Waals surface area contributed by atoms with E-state index < -0.39 is 23.7 Å². The third kappa shape index (κ3) is 7.97. The molecular weight excluding hydrogens is 567 g/mol. The Morgan fingerprint density at radius 3 is 2.48 bits per heavy atom. The van der Waals surface area contributed by atoms with Gasteiger partial charge in [-0.05, 0) is 48.7 Å². The number of hydrogen-bond acceptors (Lipinski definition) is 6. The number of allylic oxidation sites excluding steroid dienone is 1. The van der Waals surface area contributed by atoms with Crippen molar-refractivity contribution in [2.45, 2.75) is 32.0 Å². The summed E-state index contributed by atoms with van der Waals surface area (Å²) in [5, 5.41) is 3.20. The third-order valence-corrected chi connectivity index (χ3v) is 6.82. The average molecular weight is 603 g/mol. The van der Waals surface area contributed by atoms with Crippen molar-refractivity contribution < 1.29 is 23.5 Å². The number of nitrogens with one attached hydrogen (secondary N) is 1. The summed E-state index contributed by atoms with van der Waals surface area (Å²) in [7, 11) is 6.19. The Bertz CT molecular complexity index is 1730. The number of nitrogens with zero attached hydrogens (tertiary/aromatic N) is 5. The Hall–Kier alpha value is -5.26. The van der Waals surface area contributed by atoms with E-state index in [0.29, 0.717) is 11.9 Å². The van der Waals surface area contributed by atoms with Crippen LogP contribution in [0.15, 0.2) is 83.9 Å². The summed E-state index contributed by atoms with van der Waals surface area (Å²) in [6.07, 6.45) is 4.18. The second-order valence-corrected chi connectivity index (χ2v) is 10.6. The number of carbonyl (C=O) groups is 3. The Kier molecular flexibility index (Phi) is 10.3. The van der Waals surface area contributed by atoms with Gasteiger partial charge >= 0.3 is 6.09 Å². The number of rotatable bonds is 11. The van der Waals surface area contributed by atoms with Crippen LogP contribution in [-0.4, -0.2) is 76.1 Å². The maximum atomic E-state index is 14.1. The summed E-state index contributed by atoms with van der Waals surface area (Å²) in [6, 6.07) is 16.2. The van der Waals surface area contributed by atoms with Gasteiger partial charge in [-0.2, -0.15) is 0 Å². The SMILES string of the molecule is CN(C)C(=O)/C=C/CCC(OC(=O)N(C)C)C(=O)Nc1nccn(Cc2cc3cc(F)ccc3n2Cc2ccccc2)c1=O. The van der Waals surface area contributed by atoms with Gasteiger partial charge in [-0.15, -0.1) is 0 Å². The molecule has 0 spiro atoms. The first-order valence-electron chi connectivity index (χ1n) is 14.0. The molecule has 0 fully saturated rings. The van der Waals surface area contributed by atoms with Crippen molar-refractivity contribution in [1.82, 2.24) is 23.9 Å². The number of likely N-dealkylation sites (N-methyl/N-ethyl adjacent to an activating group) is 1. The van der Waals surface area contributed by atoms with Gasteiger partial charge in [0.2, 0.25) is 5.91 Å². The molecule has 0 saturated carbocycles. The zero-order valence-electron chi connectivity index (χ0n) is 25.1. The van der Waals surface area contributed by atoms with Gasteiger partial charge in [-0.25, -0.2) is 14.2 Å². The molecule has 2 aromatic heterocycles. The first-order chi connectivity index (χ1) is 21.0. The highest BCUT2D eigenvalue weighted by Gasteiger charge is 2.25. The normalized spacial score (nSPS) is 11.8. The minimum atomic E-state index is -1.25. The first kappa shape index (κ1) is 31.7. The van der Waals surface area contributed by atoms with Crippen LogP contribution in [0.1, 0.15) is 24.1 Å². The van der Waals surface area contributed by atoms with E-state index in [1.54, 1.807) is 26.2 Å². The molecule has 230 valence electrons. The summed E-state index contributed by atoms with van der Waals surface area (Å²) < 4.78 is 22.8. The number of ether oxygens (including phenoxy) is 1. The predicted octanol–water partition coefficient (Wildman–Crippen LogP) is 3.86. The highest BCUT2D eigenvalue weighted by atomic mass is 19.1. The van der Waals surface area contributed by atoms with E-state index in [-0.39, 0.29) is 36.9 Å². The topological polar surface area (TPSA) is 119 Å². The molecule has 1 unspecified atom stereocenters. The van der Waals surface area contributed by atoms with Gasteiger partial charge in [0.15, 0.2) is 11.9 Å². The van der Waals surface area contributed by atoms with Gasteiger partial charge in [0, 0.05) is 63.7 Å². The van der Waals surface area contributed by atoms with Crippen LogP contribution in [0.4, 0.5) is 15.0 Å². The van der Waals surface area contributed by atoms with E-state index in [1.807, 2.05) is 41.0 Å². The lowest BCUT2D eigenvalue weighted by Crippen LogP contribution is -2.38. The standard InChI is InChI=1S/C32H35FN6O5/c1-36(2)28(40)13-9-8-12-27(44-32(43)37(3)4)30(41)35-29-31(42)38(17-16-34-29)21-25-19-23-18-24(33)14-15-26(23)39(25)20-22-10-6-5-7-11-22/h5-7,9-11,13-19,27H,8,12,20-21H2,1-4H3,(H,34,35,41)/b13-9+. The fourth-order valence-corrected chi connectivity index (χ4v) is 4.46. The van der Waals surface area contributed by atoms with Crippen molar-refractivity contribution in [3.8, 4) is 0 Å². The molecule has 2 aromatic carbocycles. The molecule has 0 saturated heterocycles. The van der Waals surface area contributed by atoms with Crippen LogP contribution < -0.4 is 10.9 Å². The lowest BCUT2D eigenvalue weighted by molar-refractivity contribution is -0.125. The molecule has 2 heterocycles. The highest BCUT2D eigenvalue weighted by molar-refractivity contribution is 5.94. The maximum absolute atomic E-state index is 14.1. The second-order valence-electron chi connectivity index (χ2n) is 10.6. The van der Waals surface area contributed by atoms with Crippen LogP contribution in [0.25, 0.3) is 10.9 Å². The fourth-order valence-electron chi connectivity index (χ4n) is 4.46. The number of fused-ring (bicyclic) bond motifs is 1. The number of halogens is 1. The lowest BCUT2D eigenvalue weighted by Gasteiger charge is -2.19. The van der Waals surface area contributed by atoms with Gasteiger partial charge < -0.3 is 29.0 Å². The number of anilines is 1. The largest absolute Gasteiger partial charge is 0.436 e. The van der Waals surface area contributed by atoms with E-state index >= 15 is 0 Å². The monoisotopic (exact) mass is 602 g/mol. The fraction of sp³-hybridized carbons (Fsp3) is 0.281. The number of hydrogen-bond donors (Lipinski definition) is 1. The van der Waals surface area contributed by atoms with E-state index in [0.717, 1.165) is 16.8 Å². The van der Waals surface area contributed by atoms with E-state index in [9.17, 15) is 23.6 Å². The summed E-state index contributed by atoms with van der Waals surface area (Å²) in [6.45, 7) is 0.624. The second kappa shape index (κ2) is 14.3. The molecule has 4 rings (SSSR count). The molecule has 44 heavy (non-hydrogen) atoms. The van der Waals surface area contributed by atoms with Crippen molar-refractivity contribution in [3.63, 3.8) is 0 Å². The zero-order valence-corrected chi connectivity index (χ0v) is 25.1. The molecule has 3 amide bonds. The molecule has 4 aromatic rings. The minimum Gasteiger partial charge on any atom is -0.436 e. The Balaban J connectivity index is 1.57. The molecule has 0 radical (unpaired) electrons.